The number of aromatic nitrogens is 2. The normalized spacial score (nSPS) is 24.2. The van der Waals surface area contributed by atoms with Crippen LogP contribution in [0.2, 0.25) is 5.02 Å². The van der Waals surface area contributed by atoms with E-state index in [1.54, 1.807) is 6.20 Å². The van der Waals surface area contributed by atoms with Crippen molar-refractivity contribution in [3.05, 3.63) is 34.7 Å². The molecule has 1 amide bonds. The van der Waals surface area contributed by atoms with Gasteiger partial charge in [-0.2, -0.15) is 0 Å². The highest BCUT2D eigenvalue weighted by Crippen LogP contribution is 2.38. The van der Waals surface area contributed by atoms with Crippen molar-refractivity contribution in [1.29, 1.82) is 0 Å². The molecule has 5 heteroatoms. The van der Waals surface area contributed by atoms with Gasteiger partial charge in [-0.15, -0.1) is 0 Å². The minimum Gasteiger partial charge on any atom is -0.331 e. The van der Waals surface area contributed by atoms with Gasteiger partial charge in [0, 0.05) is 18.3 Å². The van der Waals surface area contributed by atoms with E-state index in [9.17, 15) is 4.79 Å². The van der Waals surface area contributed by atoms with Gasteiger partial charge < -0.3 is 4.90 Å². The Morgan fingerprint density at radius 2 is 1.95 bits per heavy atom. The summed E-state index contributed by atoms with van der Waals surface area (Å²) in [7, 11) is 0. The van der Waals surface area contributed by atoms with E-state index in [-0.39, 0.29) is 5.91 Å². The van der Waals surface area contributed by atoms with Crippen molar-refractivity contribution in [3.8, 4) is 0 Å². The summed E-state index contributed by atoms with van der Waals surface area (Å²) in [5, 5.41) is 0.626. The summed E-state index contributed by atoms with van der Waals surface area (Å²) in [4.78, 5) is 19.8. The summed E-state index contributed by atoms with van der Waals surface area (Å²) in [6.45, 7) is 2.04. The average Bonchev–Trinajstić information content (AvgIpc) is 3.17. The Morgan fingerprint density at radius 1 is 1.29 bits per heavy atom. The van der Waals surface area contributed by atoms with Crippen molar-refractivity contribution in [2.24, 2.45) is 0 Å². The molecule has 0 aliphatic carbocycles. The SMILES string of the molecule is CCc1nc2ccc(Cl)cn2c1C(=O)N1C2CCC1CC2. The van der Waals surface area contributed by atoms with Crippen molar-refractivity contribution >= 4 is 23.2 Å². The monoisotopic (exact) mass is 303 g/mol. The summed E-state index contributed by atoms with van der Waals surface area (Å²) < 4.78 is 1.86. The van der Waals surface area contributed by atoms with E-state index in [0.717, 1.165) is 43.4 Å². The number of nitrogens with zero attached hydrogens (tertiary/aromatic N) is 3. The minimum absolute atomic E-state index is 0.131. The number of carbonyl (C=O) groups is 1. The first kappa shape index (κ1) is 13.1. The van der Waals surface area contributed by atoms with E-state index < -0.39 is 0 Å². The number of hydrogen-bond donors (Lipinski definition) is 0. The van der Waals surface area contributed by atoms with Crippen LogP contribution in [0.1, 0.15) is 48.8 Å². The molecule has 2 aromatic rings. The number of imidazole rings is 1. The fourth-order valence-corrected chi connectivity index (χ4v) is 4.07. The zero-order chi connectivity index (χ0) is 14.6. The van der Waals surface area contributed by atoms with Crippen molar-refractivity contribution in [3.63, 3.8) is 0 Å². The Morgan fingerprint density at radius 3 is 2.57 bits per heavy atom. The third kappa shape index (κ3) is 1.89. The maximum absolute atomic E-state index is 13.1. The fourth-order valence-electron chi connectivity index (χ4n) is 3.91. The van der Waals surface area contributed by atoms with Gasteiger partial charge >= 0.3 is 0 Å². The number of aryl methyl sites for hydroxylation is 1. The number of amides is 1. The van der Waals surface area contributed by atoms with E-state index in [4.69, 9.17) is 11.6 Å². The second-order valence-corrected chi connectivity index (χ2v) is 6.45. The van der Waals surface area contributed by atoms with Gasteiger partial charge in [-0.1, -0.05) is 18.5 Å². The number of rotatable bonds is 2. The number of fused-ring (bicyclic) bond motifs is 3. The van der Waals surface area contributed by atoms with Crippen molar-refractivity contribution in [2.75, 3.05) is 0 Å². The van der Waals surface area contributed by atoms with Crippen LogP contribution in [0.3, 0.4) is 0 Å². The van der Waals surface area contributed by atoms with E-state index >= 15 is 0 Å². The first-order chi connectivity index (χ1) is 10.2. The molecule has 2 bridgehead atoms. The van der Waals surface area contributed by atoms with Crippen LogP contribution in [0, 0.1) is 0 Å². The van der Waals surface area contributed by atoms with Gasteiger partial charge in [0.2, 0.25) is 0 Å². The van der Waals surface area contributed by atoms with Gasteiger partial charge in [0.05, 0.1) is 10.7 Å². The molecule has 0 unspecified atom stereocenters. The quantitative estimate of drug-likeness (QED) is 0.853. The first-order valence-electron chi connectivity index (χ1n) is 7.68. The van der Waals surface area contributed by atoms with Gasteiger partial charge in [0.1, 0.15) is 11.3 Å². The Labute approximate surface area is 128 Å². The maximum Gasteiger partial charge on any atom is 0.273 e. The number of pyridine rings is 1. The number of carbonyl (C=O) groups excluding carboxylic acids is 1. The Bertz CT molecular complexity index is 704. The lowest BCUT2D eigenvalue weighted by Gasteiger charge is -2.22. The zero-order valence-corrected chi connectivity index (χ0v) is 12.8. The molecule has 2 saturated heterocycles. The predicted octanol–water partition coefficient (Wildman–Crippen LogP) is 3.32. The van der Waals surface area contributed by atoms with Gasteiger partial charge in [0.15, 0.2) is 0 Å². The van der Waals surface area contributed by atoms with E-state index in [0.29, 0.717) is 22.8 Å². The molecule has 0 radical (unpaired) electrons. The van der Waals surface area contributed by atoms with Crippen LogP contribution >= 0.6 is 11.6 Å². The van der Waals surface area contributed by atoms with Crippen LogP contribution in [-0.4, -0.2) is 32.3 Å². The second kappa shape index (κ2) is 4.73. The molecule has 4 heterocycles. The molecule has 2 fully saturated rings. The molecule has 0 aromatic carbocycles. The Hall–Kier alpha value is -1.55. The van der Waals surface area contributed by atoms with Crippen LogP contribution in [0.25, 0.3) is 5.65 Å². The van der Waals surface area contributed by atoms with Gasteiger partial charge in [-0.3, -0.25) is 9.20 Å². The topological polar surface area (TPSA) is 37.6 Å². The smallest absolute Gasteiger partial charge is 0.273 e. The zero-order valence-electron chi connectivity index (χ0n) is 12.1. The molecule has 0 N–H and O–H groups in total. The molecule has 4 rings (SSSR count). The third-order valence-corrected chi connectivity index (χ3v) is 5.10. The van der Waals surface area contributed by atoms with Gasteiger partial charge in [-0.25, -0.2) is 4.98 Å². The van der Waals surface area contributed by atoms with Crippen LogP contribution in [0.4, 0.5) is 0 Å². The van der Waals surface area contributed by atoms with E-state index in [1.165, 1.54) is 0 Å². The summed E-state index contributed by atoms with van der Waals surface area (Å²) in [6, 6.07) is 4.54. The van der Waals surface area contributed by atoms with Gasteiger partial charge in [0.25, 0.3) is 5.91 Å². The van der Waals surface area contributed by atoms with Gasteiger partial charge in [-0.05, 0) is 44.2 Å². The highest BCUT2D eigenvalue weighted by molar-refractivity contribution is 6.30. The molecular weight excluding hydrogens is 286 g/mol. The van der Waals surface area contributed by atoms with E-state index in [2.05, 4.69) is 9.88 Å². The first-order valence-corrected chi connectivity index (χ1v) is 8.06. The average molecular weight is 304 g/mol. The molecular formula is C16H18ClN3O. The van der Waals surface area contributed by atoms with Crippen LogP contribution in [0.15, 0.2) is 18.3 Å². The predicted molar refractivity (Wildman–Crippen MR) is 81.8 cm³/mol. The molecule has 2 aliphatic rings. The van der Waals surface area contributed by atoms with Crippen molar-refractivity contribution in [2.45, 2.75) is 51.1 Å². The molecule has 2 aliphatic heterocycles. The number of halogens is 1. The summed E-state index contributed by atoms with van der Waals surface area (Å²) in [6.07, 6.45) is 7.15. The standard InChI is InChI=1S/C16H18ClN3O/c1-2-13-15(19-9-10(17)3-8-14(19)18-13)16(21)20-11-4-5-12(20)7-6-11/h3,8-9,11-12H,2,4-7H2,1H3. The van der Waals surface area contributed by atoms with Crippen molar-refractivity contribution in [1.82, 2.24) is 14.3 Å². The highest BCUT2D eigenvalue weighted by Gasteiger charge is 2.43. The molecule has 110 valence electrons. The molecule has 0 atom stereocenters. The third-order valence-electron chi connectivity index (χ3n) is 4.88. The highest BCUT2D eigenvalue weighted by atomic mass is 35.5. The lowest BCUT2D eigenvalue weighted by molar-refractivity contribution is 0.0721. The maximum atomic E-state index is 13.1. The molecule has 2 aromatic heterocycles. The van der Waals surface area contributed by atoms with E-state index in [1.807, 2.05) is 23.5 Å². The van der Waals surface area contributed by atoms with Crippen LogP contribution in [-0.2, 0) is 6.42 Å². The minimum atomic E-state index is 0.131. The largest absolute Gasteiger partial charge is 0.331 e. The molecule has 21 heavy (non-hydrogen) atoms. The molecule has 4 nitrogen and oxygen atoms in total. The van der Waals surface area contributed by atoms with Crippen LogP contribution < -0.4 is 0 Å². The van der Waals surface area contributed by atoms with Crippen LogP contribution in [0.5, 0.6) is 0 Å². The second-order valence-electron chi connectivity index (χ2n) is 6.01. The summed E-state index contributed by atoms with van der Waals surface area (Å²) in [5.74, 6) is 0.131. The lowest BCUT2D eigenvalue weighted by Crippen LogP contribution is -2.36. The van der Waals surface area contributed by atoms with Crippen molar-refractivity contribution < 1.29 is 4.79 Å². The summed E-state index contributed by atoms with van der Waals surface area (Å²) in [5.41, 5.74) is 2.37. The molecule has 0 spiro atoms. The fraction of sp³-hybridized carbons (Fsp3) is 0.500. The Balaban J connectivity index is 1.85. The lowest BCUT2D eigenvalue weighted by atomic mass is 10.0. The number of hydrogen-bond acceptors (Lipinski definition) is 2. The summed E-state index contributed by atoms with van der Waals surface area (Å²) >= 11 is 6.10. The molecule has 0 saturated carbocycles. The Kier molecular flexibility index (Phi) is 2.96.